The summed E-state index contributed by atoms with van der Waals surface area (Å²) in [7, 11) is 0. The molecule has 0 radical (unpaired) electrons. The molecular formula is C12H11N5O3S. The molecule has 9 heteroatoms. The quantitative estimate of drug-likeness (QED) is 0.378. The average molecular weight is 305 g/mol. The smallest absolute Gasteiger partial charge is 0.270 e. The van der Waals surface area contributed by atoms with Gasteiger partial charge in [0.25, 0.3) is 5.69 Å². The van der Waals surface area contributed by atoms with Crippen LogP contribution in [-0.4, -0.2) is 20.7 Å². The van der Waals surface area contributed by atoms with Gasteiger partial charge < -0.3 is 11.5 Å². The van der Waals surface area contributed by atoms with Crippen molar-refractivity contribution >= 4 is 34.9 Å². The van der Waals surface area contributed by atoms with Gasteiger partial charge >= 0.3 is 0 Å². The second-order valence-electron chi connectivity index (χ2n) is 4.10. The number of non-ortho nitro benzene ring substituents is 1. The lowest BCUT2D eigenvalue weighted by molar-refractivity contribution is -0.384. The summed E-state index contributed by atoms with van der Waals surface area (Å²) in [5, 5.41) is 11.0. The number of carbonyl (C=O) groups excluding carboxylic acids is 1. The summed E-state index contributed by atoms with van der Waals surface area (Å²) in [5.41, 5.74) is 11.2. The average Bonchev–Trinajstić information content (AvgIpc) is 2.37. The van der Waals surface area contributed by atoms with Crippen molar-refractivity contribution in [2.45, 2.75) is 17.0 Å². The first-order valence-corrected chi connectivity index (χ1v) is 6.55. The van der Waals surface area contributed by atoms with E-state index in [4.69, 9.17) is 11.5 Å². The number of benzene rings is 1. The van der Waals surface area contributed by atoms with Gasteiger partial charge in [0.2, 0.25) is 0 Å². The van der Waals surface area contributed by atoms with Crippen LogP contribution in [0.2, 0.25) is 0 Å². The Labute approximate surface area is 123 Å². The monoisotopic (exact) mass is 305 g/mol. The van der Waals surface area contributed by atoms with Gasteiger partial charge in [-0.05, 0) is 24.8 Å². The van der Waals surface area contributed by atoms with Crippen LogP contribution >= 0.6 is 11.8 Å². The minimum absolute atomic E-state index is 0.155. The summed E-state index contributed by atoms with van der Waals surface area (Å²) in [6.07, 6.45) is 0. The SMILES string of the molecule is CC(=O)c1cc([N+](=O)[O-])ccc1Sc1nc(N)cc(N)n1. The molecule has 0 aliphatic heterocycles. The first-order valence-electron chi connectivity index (χ1n) is 5.74. The van der Waals surface area contributed by atoms with E-state index in [-0.39, 0.29) is 33.8 Å². The van der Waals surface area contributed by atoms with Gasteiger partial charge in [-0.15, -0.1) is 0 Å². The molecule has 0 amide bonds. The van der Waals surface area contributed by atoms with Crippen molar-refractivity contribution in [3.63, 3.8) is 0 Å². The second-order valence-corrected chi connectivity index (χ2v) is 5.11. The van der Waals surface area contributed by atoms with E-state index in [2.05, 4.69) is 9.97 Å². The summed E-state index contributed by atoms with van der Waals surface area (Å²) in [6, 6.07) is 5.42. The number of anilines is 2. The van der Waals surface area contributed by atoms with Crippen LogP contribution in [0, 0.1) is 10.1 Å². The van der Waals surface area contributed by atoms with E-state index >= 15 is 0 Å². The van der Waals surface area contributed by atoms with Gasteiger partial charge in [-0.3, -0.25) is 14.9 Å². The van der Waals surface area contributed by atoms with Crippen molar-refractivity contribution in [2.24, 2.45) is 0 Å². The van der Waals surface area contributed by atoms with E-state index in [1.807, 2.05) is 0 Å². The van der Waals surface area contributed by atoms with E-state index in [9.17, 15) is 14.9 Å². The number of carbonyl (C=O) groups is 1. The molecule has 2 aromatic rings. The van der Waals surface area contributed by atoms with Crippen molar-refractivity contribution in [2.75, 3.05) is 11.5 Å². The predicted molar refractivity (Wildman–Crippen MR) is 78.1 cm³/mol. The van der Waals surface area contributed by atoms with Gasteiger partial charge in [-0.2, -0.15) is 0 Å². The van der Waals surface area contributed by atoms with Crippen LogP contribution in [-0.2, 0) is 0 Å². The van der Waals surface area contributed by atoms with Gasteiger partial charge in [-0.1, -0.05) is 0 Å². The van der Waals surface area contributed by atoms with Gasteiger partial charge in [0, 0.05) is 28.7 Å². The molecule has 0 saturated heterocycles. The Hall–Kier alpha value is -2.68. The molecular weight excluding hydrogens is 294 g/mol. The van der Waals surface area contributed by atoms with Crippen molar-refractivity contribution < 1.29 is 9.72 Å². The standard InChI is InChI=1S/C12H11N5O3S/c1-6(18)8-4-7(17(19)20)2-3-9(8)21-12-15-10(13)5-11(14)16-12/h2-5H,1H3,(H4,13,14,15,16). The molecule has 108 valence electrons. The van der Waals surface area contributed by atoms with Crippen LogP contribution in [0.1, 0.15) is 17.3 Å². The summed E-state index contributed by atoms with van der Waals surface area (Å²) < 4.78 is 0. The number of nitro groups is 1. The zero-order valence-electron chi connectivity index (χ0n) is 10.9. The van der Waals surface area contributed by atoms with Crippen molar-refractivity contribution in [1.82, 2.24) is 9.97 Å². The molecule has 0 spiro atoms. The first kappa shape index (κ1) is 14.7. The molecule has 2 rings (SSSR count). The van der Waals surface area contributed by atoms with E-state index < -0.39 is 4.92 Å². The lowest BCUT2D eigenvalue weighted by atomic mass is 10.1. The minimum Gasteiger partial charge on any atom is -0.383 e. The maximum absolute atomic E-state index is 11.6. The van der Waals surface area contributed by atoms with Crippen molar-refractivity contribution in [1.29, 1.82) is 0 Å². The minimum atomic E-state index is -0.560. The zero-order chi connectivity index (χ0) is 15.6. The van der Waals surface area contributed by atoms with Gasteiger partial charge in [-0.25, -0.2) is 9.97 Å². The van der Waals surface area contributed by atoms with E-state index in [0.29, 0.717) is 4.90 Å². The first-order chi connectivity index (χ1) is 9.86. The van der Waals surface area contributed by atoms with E-state index in [1.165, 1.54) is 31.2 Å². The highest BCUT2D eigenvalue weighted by atomic mass is 32.2. The van der Waals surface area contributed by atoms with Crippen LogP contribution in [0.4, 0.5) is 17.3 Å². The number of hydrogen-bond donors (Lipinski definition) is 2. The molecule has 0 saturated carbocycles. The van der Waals surface area contributed by atoms with Crippen LogP contribution in [0.15, 0.2) is 34.3 Å². The summed E-state index contributed by atoms with van der Waals surface area (Å²) in [6.45, 7) is 1.33. The number of nitrogens with two attached hydrogens (primary N) is 2. The Kier molecular flexibility index (Phi) is 4.03. The molecule has 0 fully saturated rings. The van der Waals surface area contributed by atoms with Crippen molar-refractivity contribution in [3.8, 4) is 0 Å². The van der Waals surface area contributed by atoms with Gasteiger partial charge in [0.1, 0.15) is 11.6 Å². The van der Waals surface area contributed by atoms with Gasteiger partial charge in [0.15, 0.2) is 10.9 Å². The number of nitrogen functional groups attached to an aromatic ring is 2. The van der Waals surface area contributed by atoms with Crippen LogP contribution in [0.3, 0.4) is 0 Å². The number of nitrogens with zero attached hydrogens (tertiary/aromatic N) is 3. The molecule has 1 heterocycles. The Bertz CT molecular complexity index is 715. The van der Waals surface area contributed by atoms with Crippen LogP contribution < -0.4 is 11.5 Å². The van der Waals surface area contributed by atoms with Crippen LogP contribution in [0.5, 0.6) is 0 Å². The Morgan fingerprint density at radius 3 is 2.38 bits per heavy atom. The number of nitro benzene ring substituents is 1. The lowest BCUT2D eigenvalue weighted by Gasteiger charge is -2.06. The molecule has 0 aliphatic carbocycles. The normalized spacial score (nSPS) is 10.3. The summed E-state index contributed by atoms with van der Waals surface area (Å²) in [5.74, 6) is 0.116. The van der Waals surface area contributed by atoms with E-state index in [0.717, 1.165) is 11.8 Å². The fourth-order valence-electron chi connectivity index (χ4n) is 1.60. The highest BCUT2D eigenvalue weighted by Crippen LogP contribution is 2.31. The topological polar surface area (TPSA) is 138 Å². The third-order valence-electron chi connectivity index (χ3n) is 2.50. The molecule has 1 aromatic heterocycles. The summed E-state index contributed by atoms with van der Waals surface area (Å²) >= 11 is 1.07. The molecule has 8 nitrogen and oxygen atoms in total. The second kappa shape index (κ2) is 5.75. The fourth-order valence-corrected chi connectivity index (χ4v) is 2.55. The number of aromatic nitrogens is 2. The highest BCUT2D eigenvalue weighted by molar-refractivity contribution is 7.99. The molecule has 4 N–H and O–H groups in total. The molecule has 0 atom stereocenters. The Morgan fingerprint density at radius 1 is 1.24 bits per heavy atom. The molecule has 21 heavy (non-hydrogen) atoms. The number of Topliss-reactive ketones (excluding diaryl/α,β-unsaturated/α-hetero) is 1. The third kappa shape index (κ3) is 3.45. The van der Waals surface area contributed by atoms with E-state index in [1.54, 1.807) is 0 Å². The molecule has 0 unspecified atom stereocenters. The van der Waals surface area contributed by atoms with Crippen LogP contribution in [0.25, 0.3) is 0 Å². The number of rotatable bonds is 4. The maximum Gasteiger partial charge on any atom is 0.270 e. The van der Waals surface area contributed by atoms with Crippen molar-refractivity contribution in [3.05, 3.63) is 39.9 Å². The zero-order valence-corrected chi connectivity index (χ0v) is 11.8. The number of ketones is 1. The highest BCUT2D eigenvalue weighted by Gasteiger charge is 2.16. The number of hydrogen-bond acceptors (Lipinski definition) is 8. The third-order valence-corrected chi connectivity index (χ3v) is 3.44. The summed E-state index contributed by atoms with van der Waals surface area (Å²) in [4.78, 5) is 30.3. The molecule has 1 aromatic carbocycles. The predicted octanol–water partition coefficient (Wildman–Crippen LogP) is 1.90. The maximum atomic E-state index is 11.6. The lowest BCUT2D eigenvalue weighted by Crippen LogP contribution is -2.01. The Balaban J connectivity index is 2.43. The largest absolute Gasteiger partial charge is 0.383 e. The van der Waals surface area contributed by atoms with Gasteiger partial charge in [0.05, 0.1) is 4.92 Å². The molecule has 0 bridgehead atoms. The molecule has 0 aliphatic rings. The fraction of sp³-hybridized carbons (Fsp3) is 0.0833. The Morgan fingerprint density at radius 2 is 1.86 bits per heavy atom.